The van der Waals surface area contributed by atoms with Gasteiger partial charge in [0.2, 0.25) is 0 Å². The molecule has 5 heteroatoms. The van der Waals surface area contributed by atoms with E-state index in [1.54, 1.807) is 13.0 Å². The first-order valence-corrected chi connectivity index (χ1v) is 6.95. The molecule has 0 heterocycles. The molecule has 1 aromatic rings. The van der Waals surface area contributed by atoms with Gasteiger partial charge in [-0.1, -0.05) is 13.0 Å². The van der Waals surface area contributed by atoms with Crippen LogP contribution in [-0.4, -0.2) is 34.6 Å². The number of thioether (sulfide) groups is 1. The van der Waals surface area contributed by atoms with Gasteiger partial charge in [-0.15, -0.1) is 11.8 Å². The number of nitrogens with one attached hydrogen (secondary N) is 1. The van der Waals surface area contributed by atoms with Crippen LogP contribution in [0.3, 0.4) is 0 Å². The lowest BCUT2D eigenvalue weighted by Crippen LogP contribution is -2.13. The summed E-state index contributed by atoms with van der Waals surface area (Å²) in [6, 6.07) is 5.41. The molecule has 1 unspecified atom stereocenters. The highest BCUT2D eigenvalue weighted by atomic mass is 32.2. The number of rotatable bonds is 7. The van der Waals surface area contributed by atoms with Crippen LogP contribution < -0.4 is 5.32 Å². The van der Waals surface area contributed by atoms with Crippen molar-refractivity contribution in [2.24, 2.45) is 0 Å². The molecule has 0 spiro atoms. The Kier molecular flexibility index (Phi) is 6.01. The van der Waals surface area contributed by atoms with Crippen molar-refractivity contribution in [3.63, 3.8) is 0 Å². The van der Waals surface area contributed by atoms with Crippen molar-refractivity contribution >= 4 is 23.4 Å². The third kappa shape index (κ3) is 4.23. The molecular weight excluding hydrogens is 250 g/mol. The number of carboxylic acid groups (broad SMARTS) is 1. The summed E-state index contributed by atoms with van der Waals surface area (Å²) in [5.41, 5.74) is 0.927. The largest absolute Gasteiger partial charge is 0.478 e. The average molecular weight is 269 g/mol. The number of benzene rings is 1. The first kappa shape index (κ1) is 14.9. The smallest absolute Gasteiger partial charge is 0.338 e. The van der Waals surface area contributed by atoms with Crippen molar-refractivity contribution < 1.29 is 15.0 Å². The van der Waals surface area contributed by atoms with Crippen molar-refractivity contribution in [1.82, 2.24) is 0 Å². The quantitative estimate of drug-likeness (QED) is 0.664. The normalized spacial score (nSPS) is 12.2. The summed E-state index contributed by atoms with van der Waals surface area (Å²) in [5, 5.41) is 21.5. The van der Waals surface area contributed by atoms with E-state index in [1.807, 2.05) is 19.1 Å². The highest BCUT2D eigenvalue weighted by molar-refractivity contribution is 7.99. The number of aliphatic hydroxyl groups is 1. The SMILES string of the molecule is CCSc1cccc(NCCC(C)O)c1C(=O)O. The maximum atomic E-state index is 11.3. The van der Waals surface area contributed by atoms with E-state index in [0.717, 1.165) is 10.6 Å². The molecule has 100 valence electrons. The zero-order valence-corrected chi connectivity index (χ0v) is 11.5. The molecule has 18 heavy (non-hydrogen) atoms. The summed E-state index contributed by atoms with van der Waals surface area (Å²) in [5.74, 6) is -0.0941. The molecule has 0 aliphatic carbocycles. The molecular formula is C13H19NO3S. The standard InChI is InChI=1S/C13H19NO3S/c1-3-18-11-6-4-5-10(12(11)13(16)17)14-8-7-9(2)15/h4-6,9,14-15H,3,7-8H2,1-2H3,(H,16,17). The minimum absolute atomic E-state index is 0.315. The van der Waals surface area contributed by atoms with Gasteiger partial charge >= 0.3 is 5.97 Å². The molecule has 0 amide bonds. The molecule has 1 aromatic carbocycles. The fourth-order valence-electron chi connectivity index (χ4n) is 1.59. The first-order chi connectivity index (χ1) is 8.56. The number of hydrogen-bond donors (Lipinski definition) is 3. The van der Waals surface area contributed by atoms with Gasteiger partial charge in [-0.25, -0.2) is 4.79 Å². The topological polar surface area (TPSA) is 69.6 Å². The number of carbonyl (C=O) groups is 1. The Hall–Kier alpha value is -1.20. The van der Waals surface area contributed by atoms with E-state index in [9.17, 15) is 15.0 Å². The van der Waals surface area contributed by atoms with Crippen molar-refractivity contribution in [2.45, 2.75) is 31.3 Å². The van der Waals surface area contributed by atoms with Crippen LogP contribution >= 0.6 is 11.8 Å². The van der Waals surface area contributed by atoms with E-state index in [2.05, 4.69) is 5.32 Å². The van der Waals surface area contributed by atoms with Crippen molar-refractivity contribution in [3.05, 3.63) is 23.8 Å². The Morgan fingerprint density at radius 2 is 2.22 bits per heavy atom. The minimum Gasteiger partial charge on any atom is -0.478 e. The fourth-order valence-corrected chi connectivity index (χ4v) is 2.42. The fraction of sp³-hybridized carbons (Fsp3) is 0.462. The summed E-state index contributed by atoms with van der Waals surface area (Å²) in [6.07, 6.45) is 0.198. The van der Waals surface area contributed by atoms with Gasteiger partial charge in [0.1, 0.15) is 0 Å². The van der Waals surface area contributed by atoms with Crippen LogP contribution in [0, 0.1) is 0 Å². The van der Waals surface area contributed by atoms with E-state index in [1.165, 1.54) is 11.8 Å². The van der Waals surface area contributed by atoms with Gasteiger partial charge in [0.05, 0.1) is 11.7 Å². The predicted molar refractivity (Wildman–Crippen MR) is 74.6 cm³/mol. The monoisotopic (exact) mass is 269 g/mol. The lowest BCUT2D eigenvalue weighted by molar-refractivity contribution is 0.0694. The van der Waals surface area contributed by atoms with Crippen molar-refractivity contribution in [3.8, 4) is 0 Å². The van der Waals surface area contributed by atoms with Crippen LogP contribution in [0.1, 0.15) is 30.6 Å². The molecule has 0 aliphatic heterocycles. The second-order valence-electron chi connectivity index (χ2n) is 3.98. The third-order valence-corrected chi connectivity index (χ3v) is 3.36. The number of aromatic carboxylic acids is 1. The maximum Gasteiger partial charge on any atom is 0.338 e. The van der Waals surface area contributed by atoms with Gasteiger partial charge in [0.25, 0.3) is 0 Å². The first-order valence-electron chi connectivity index (χ1n) is 5.97. The Bertz CT molecular complexity index is 407. The average Bonchev–Trinajstić information content (AvgIpc) is 2.28. The predicted octanol–water partition coefficient (Wildman–Crippen LogP) is 2.68. The lowest BCUT2D eigenvalue weighted by Gasteiger charge is -2.13. The summed E-state index contributed by atoms with van der Waals surface area (Å²) in [7, 11) is 0. The van der Waals surface area contributed by atoms with Gasteiger partial charge < -0.3 is 15.5 Å². The minimum atomic E-state index is -0.925. The van der Waals surface area contributed by atoms with Crippen LogP contribution in [0.15, 0.2) is 23.1 Å². The maximum absolute atomic E-state index is 11.3. The molecule has 0 aliphatic rings. The Labute approximate surface area is 111 Å². The zero-order chi connectivity index (χ0) is 13.5. The summed E-state index contributed by atoms with van der Waals surface area (Å²) in [6.45, 7) is 4.26. The van der Waals surface area contributed by atoms with Gasteiger partial charge in [0, 0.05) is 17.1 Å². The van der Waals surface area contributed by atoms with Crippen LogP contribution in [0.5, 0.6) is 0 Å². The molecule has 1 rings (SSSR count). The summed E-state index contributed by atoms with van der Waals surface area (Å²) >= 11 is 1.51. The van der Waals surface area contributed by atoms with Gasteiger partial charge in [-0.2, -0.15) is 0 Å². The van der Waals surface area contributed by atoms with Crippen molar-refractivity contribution in [1.29, 1.82) is 0 Å². The molecule has 1 atom stereocenters. The highest BCUT2D eigenvalue weighted by Gasteiger charge is 2.15. The van der Waals surface area contributed by atoms with Crippen molar-refractivity contribution in [2.75, 3.05) is 17.6 Å². The summed E-state index contributed by atoms with van der Waals surface area (Å²) in [4.78, 5) is 12.1. The Morgan fingerprint density at radius 3 is 2.78 bits per heavy atom. The van der Waals surface area contributed by atoms with Crippen LogP contribution in [0.25, 0.3) is 0 Å². The molecule has 0 bridgehead atoms. The highest BCUT2D eigenvalue weighted by Crippen LogP contribution is 2.28. The van der Waals surface area contributed by atoms with Crippen LogP contribution in [0.4, 0.5) is 5.69 Å². The van der Waals surface area contributed by atoms with Gasteiger partial charge in [0.15, 0.2) is 0 Å². The van der Waals surface area contributed by atoms with Gasteiger partial charge in [-0.3, -0.25) is 0 Å². The molecule has 0 radical (unpaired) electrons. The van der Waals surface area contributed by atoms with Crippen LogP contribution in [-0.2, 0) is 0 Å². The van der Waals surface area contributed by atoms with Crippen LogP contribution in [0.2, 0.25) is 0 Å². The van der Waals surface area contributed by atoms with E-state index in [0.29, 0.717) is 24.2 Å². The number of anilines is 1. The van der Waals surface area contributed by atoms with E-state index >= 15 is 0 Å². The number of hydrogen-bond acceptors (Lipinski definition) is 4. The second-order valence-corrected chi connectivity index (χ2v) is 5.29. The molecule has 0 fully saturated rings. The van der Waals surface area contributed by atoms with E-state index < -0.39 is 5.97 Å². The zero-order valence-electron chi connectivity index (χ0n) is 10.6. The molecule has 0 saturated heterocycles. The van der Waals surface area contributed by atoms with Gasteiger partial charge in [-0.05, 0) is 31.2 Å². The molecule has 4 nitrogen and oxygen atoms in total. The Morgan fingerprint density at radius 1 is 1.50 bits per heavy atom. The summed E-state index contributed by atoms with van der Waals surface area (Å²) < 4.78 is 0. The second kappa shape index (κ2) is 7.28. The number of carboxylic acids is 1. The third-order valence-electron chi connectivity index (χ3n) is 2.42. The Balaban J connectivity index is 2.88. The molecule has 3 N–H and O–H groups in total. The molecule has 0 aromatic heterocycles. The van der Waals surface area contributed by atoms with E-state index in [4.69, 9.17) is 0 Å². The molecule has 0 saturated carbocycles. The lowest BCUT2D eigenvalue weighted by atomic mass is 10.1. The number of aliphatic hydroxyl groups excluding tert-OH is 1. The van der Waals surface area contributed by atoms with E-state index in [-0.39, 0.29) is 6.10 Å².